The van der Waals surface area contributed by atoms with Gasteiger partial charge in [-0.1, -0.05) is 0 Å². The average molecular weight is 332 g/mol. The Bertz CT molecular complexity index is 846. The van der Waals surface area contributed by atoms with Gasteiger partial charge in [-0.3, -0.25) is 0 Å². The summed E-state index contributed by atoms with van der Waals surface area (Å²) in [6.45, 7) is 0.175. The largest absolute Gasteiger partial charge is 0.454 e. The number of allylic oxidation sites excluding steroid dienone is 2. The highest BCUT2D eigenvalue weighted by atomic mass is 19.1. The summed E-state index contributed by atoms with van der Waals surface area (Å²) in [5, 5.41) is 0. The molecule has 0 spiro atoms. The van der Waals surface area contributed by atoms with E-state index >= 15 is 0 Å². The van der Waals surface area contributed by atoms with Crippen LogP contribution < -0.4 is 10.5 Å². The zero-order valence-electron chi connectivity index (χ0n) is 12.9. The Hall–Kier alpha value is -2.89. The van der Waals surface area contributed by atoms with E-state index in [2.05, 4.69) is 0 Å². The van der Waals surface area contributed by atoms with Crippen LogP contribution in [0.1, 0.15) is 5.56 Å². The fourth-order valence-electron chi connectivity index (χ4n) is 2.46. The van der Waals surface area contributed by atoms with Crippen LogP contribution in [0.4, 0.5) is 18.9 Å². The van der Waals surface area contributed by atoms with Crippen LogP contribution in [0.15, 0.2) is 54.5 Å². The third-order valence-electron chi connectivity index (χ3n) is 3.50. The maximum atomic E-state index is 13.8. The molecule has 24 heavy (non-hydrogen) atoms. The summed E-state index contributed by atoms with van der Waals surface area (Å²) >= 11 is 0. The molecule has 0 fully saturated rings. The van der Waals surface area contributed by atoms with E-state index in [-0.39, 0.29) is 18.1 Å². The Morgan fingerprint density at radius 3 is 2.50 bits per heavy atom. The minimum atomic E-state index is -0.825. The Kier molecular flexibility index (Phi) is 4.20. The van der Waals surface area contributed by atoms with E-state index in [0.29, 0.717) is 22.6 Å². The minimum Gasteiger partial charge on any atom is -0.454 e. The number of benzene rings is 2. The second-order valence-corrected chi connectivity index (χ2v) is 5.52. The summed E-state index contributed by atoms with van der Waals surface area (Å²) in [6, 6.07) is 7.80. The summed E-state index contributed by atoms with van der Waals surface area (Å²) in [5.41, 5.74) is 7.33. The molecule has 3 nitrogen and oxygen atoms in total. The van der Waals surface area contributed by atoms with Crippen molar-refractivity contribution in [3.63, 3.8) is 0 Å². The molecule has 3 rings (SSSR count). The van der Waals surface area contributed by atoms with Crippen molar-refractivity contribution in [3.05, 3.63) is 71.7 Å². The molecule has 2 N–H and O–H groups in total. The molecule has 0 unspecified atom stereocenters. The Morgan fingerprint density at radius 2 is 1.79 bits per heavy atom. The van der Waals surface area contributed by atoms with E-state index in [4.69, 9.17) is 10.5 Å². The van der Waals surface area contributed by atoms with Gasteiger partial charge in [0.2, 0.25) is 0 Å². The first-order valence-electron chi connectivity index (χ1n) is 7.23. The summed E-state index contributed by atoms with van der Waals surface area (Å²) in [7, 11) is 1.74. The van der Waals surface area contributed by atoms with Gasteiger partial charge in [-0.25, -0.2) is 13.2 Å². The van der Waals surface area contributed by atoms with Gasteiger partial charge >= 0.3 is 0 Å². The molecule has 2 aromatic carbocycles. The molecule has 0 bridgehead atoms. The molecular weight excluding hydrogens is 317 g/mol. The SMILES string of the molecule is CN1C=C(c2cc(N)ccc2Oc2ccc(F)cc2F)C=C(F)C1. The predicted octanol–water partition coefficient (Wildman–Crippen LogP) is 4.48. The zero-order chi connectivity index (χ0) is 17.3. The lowest BCUT2D eigenvalue weighted by molar-refractivity contribution is 0.429. The van der Waals surface area contributed by atoms with E-state index in [9.17, 15) is 13.2 Å². The second kappa shape index (κ2) is 6.31. The van der Waals surface area contributed by atoms with Crippen molar-refractivity contribution in [1.29, 1.82) is 0 Å². The topological polar surface area (TPSA) is 38.5 Å². The molecule has 0 amide bonds. The molecule has 0 aliphatic carbocycles. The van der Waals surface area contributed by atoms with Crippen molar-refractivity contribution in [1.82, 2.24) is 4.90 Å². The number of nitrogens with zero attached hydrogens (tertiary/aromatic N) is 1. The number of hydrogen-bond acceptors (Lipinski definition) is 3. The number of nitrogens with two attached hydrogens (primary N) is 1. The van der Waals surface area contributed by atoms with Crippen LogP contribution in [0.3, 0.4) is 0 Å². The molecule has 1 aliphatic rings. The van der Waals surface area contributed by atoms with E-state index in [1.807, 2.05) is 0 Å². The maximum Gasteiger partial charge on any atom is 0.168 e. The number of halogens is 3. The van der Waals surface area contributed by atoms with Gasteiger partial charge in [0, 0.05) is 36.1 Å². The smallest absolute Gasteiger partial charge is 0.168 e. The van der Waals surface area contributed by atoms with Gasteiger partial charge in [0.15, 0.2) is 11.6 Å². The first-order chi connectivity index (χ1) is 11.4. The van der Waals surface area contributed by atoms with E-state index in [0.717, 1.165) is 12.1 Å². The fraction of sp³-hybridized carbons (Fsp3) is 0.111. The Morgan fingerprint density at radius 1 is 1.04 bits per heavy atom. The first kappa shape index (κ1) is 16.0. The highest BCUT2D eigenvalue weighted by molar-refractivity contribution is 5.80. The molecule has 0 atom stereocenters. The molecular formula is C18H15F3N2O. The number of nitrogen functional groups attached to an aromatic ring is 1. The summed E-state index contributed by atoms with van der Waals surface area (Å²) in [6.07, 6.45) is 3.12. The van der Waals surface area contributed by atoms with Crippen LogP contribution >= 0.6 is 0 Å². The average Bonchev–Trinajstić information content (AvgIpc) is 2.50. The zero-order valence-corrected chi connectivity index (χ0v) is 12.9. The van der Waals surface area contributed by atoms with Gasteiger partial charge in [0.05, 0.1) is 6.54 Å². The van der Waals surface area contributed by atoms with Crippen molar-refractivity contribution >= 4 is 11.3 Å². The van der Waals surface area contributed by atoms with Crippen molar-refractivity contribution in [2.75, 3.05) is 19.3 Å². The standard InChI is InChI=1S/C18H15F3N2O/c1-23-9-11(6-13(20)10-23)15-8-14(22)3-5-17(15)24-18-4-2-12(19)7-16(18)21/h2-9H,10,22H2,1H3. The third kappa shape index (κ3) is 3.37. The lowest BCUT2D eigenvalue weighted by atomic mass is 10.0. The lowest BCUT2D eigenvalue weighted by Gasteiger charge is -2.21. The number of likely N-dealkylation sites (N-methyl/N-ethyl adjacent to an activating group) is 1. The number of rotatable bonds is 3. The number of ether oxygens (including phenoxy) is 1. The molecule has 0 aromatic heterocycles. The van der Waals surface area contributed by atoms with Crippen molar-refractivity contribution in [3.8, 4) is 11.5 Å². The molecule has 6 heteroatoms. The third-order valence-corrected chi connectivity index (χ3v) is 3.50. The highest BCUT2D eigenvalue weighted by Crippen LogP contribution is 2.35. The second-order valence-electron chi connectivity index (χ2n) is 5.52. The van der Waals surface area contributed by atoms with Crippen LogP contribution in [0.25, 0.3) is 5.57 Å². The molecule has 2 aromatic rings. The monoisotopic (exact) mass is 332 g/mol. The van der Waals surface area contributed by atoms with Crippen LogP contribution in [0, 0.1) is 11.6 Å². The van der Waals surface area contributed by atoms with E-state index in [1.54, 1.807) is 36.3 Å². The minimum absolute atomic E-state index is 0.128. The Balaban J connectivity index is 2.03. The summed E-state index contributed by atoms with van der Waals surface area (Å²) in [4.78, 5) is 1.68. The van der Waals surface area contributed by atoms with Crippen LogP contribution in [0.2, 0.25) is 0 Å². The first-order valence-corrected chi connectivity index (χ1v) is 7.23. The van der Waals surface area contributed by atoms with E-state index < -0.39 is 11.6 Å². The summed E-state index contributed by atoms with van der Waals surface area (Å²) < 4.78 is 46.2. The quantitative estimate of drug-likeness (QED) is 0.842. The van der Waals surface area contributed by atoms with Gasteiger partial charge in [0.25, 0.3) is 0 Å². The van der Waals surface area contributed by atoms with Crippen molar-refractivity contribution < 1.29 is 17.9 Å². The molecule has 1 heterocycles. The molecule has 124 valence electrons. The molecule has 0 saturated carbocycles. The summed E-state index contributed by atoms with van der Waals surface area (Å²) in [5.74, 6) is -1.67. The van der Waals surface area contributed by atoms with Gasteiger partial charge in [-0.2, -0.15) is 0 Å². The highest BCUT2D eigenvalue weighted by Gasteiger charge is 2.16. The number of hydrogen-bond donors (Lipinski definition) is 1. The van der Waals surface area contributed by atoms with Gasteiger partial charge in [-0.15, -0.1) is 0 Å². The van der Waals surface area contributed by atoms with Gasteiger partial charge < -0.3 is 15.4 Å². The maximum absolute atomic E-state index is 13.8. The predicted molar refractivity (Wildman–Crippen MR) is 87.1 cm³/mol. The number of anilines is 1. The molecule has 1 aliphatic heterocycles. The van der Waals surface area contributed by atoms with Crippen LogP contribution in [-0.4, -0.2) is 18.5 Å². The lowest BCUT2D eigenvalue weighted by Crippen LogP contribution is -2.16. The normalized spacial score (nSPS) is 14.2. The Labute approximate surface area is 137 Å². The molecule has 0 saturated heterocycles. The van der Waals surface area contributed by atoms with Crippen molar-refractivity contribution in [2.24, 2.45) is 0 Å². The molecule has 0 radical (unpaired) electrons. The van der Waals surface area contributed by atoms with Crippen LogP contribution in [0.5, 0.6) is 11.5 Å². The fourth-order valence-corrected chi connectivity index (χ4v) is 2.46. The van der Waals surface area contributed by atoms with Crippen LogP contribution in [-0.2, 0) is 0 Å². The van der Waals surface area contributed by atoms with Gasteiger partial charge in [0.1, 0.15) is 17.4 Å². The van der Waals surface area contributed by atoms with Crippen molar-refractivity contribution in [2.45, 2.75) is 0 Å². The van der Waals surface area contributed by atoms with E-state index in [1.165, 1.54) is 12.1 Å². The van der Waals surface area contributed by atoms with Gasteiger partial charge in [-0.05, 0) is 36.4 Å².